The summed E-state index contributed by atoms with van der Waals surface area (Å²) in [6.45, 7) is 6.86. The molecule has 1 atom stereocenters. The zero-order chi connectivity index (χ0) is 26.2. The van der Waals surface area contributed by atoms with E-state index in [0.717, 1.165) is 6.54 Å². The Morgan fingerprint density at radius 3 is 1.43 bits per heavy atom. The smallest absolute Gasteiger partial charge is 0.101 e. The molecule has 0 saturated carbocycles. The molecular weight excluding hydrogens is 448 g/mol. The van der Waals surface area contributed by atoms with E-state index >= 15 is 0 Å². The van der Waals surface area contributed by atoms with Crippen LogP contribution < -0.4 is 0 Å². The van der Waals surface area contributed by atoms with E-state index in [4.69, 9.17) is 0 Å². The molecule has 1 aliphatic rings. The van der Waals surface area contributed by atoms with Crippen molar-refractivity contribution in [3.05, 3.63) is 48.3 Å². The second-order valence-electron chi connectivity index (χ2n) is 11.7. The number of unbranched alkanes of at least 4 members (excludes halogenated alkanes) is 19. The molecule has 1 heterocycles. The summed E-state index contributed by atoms with van der Waals surface area (Å²) in [6.07, 6.45) is 36.5. The van der Waals surface area contributed by atoms with Gasteiger partial charge in [-0.15, -0.1) is 0 Å². The van der Waals surface area contributed by atoms with Crippen molar-refractivity contribution in [2.75, 3.05) is 6.54 Å². The number of hydrogen-bond acceptors (Lipinski definition) is 2. The van der Waals surface area contributed by atoms with Crippen LogP contribution in [0.15, 0.2) is 42.7 Å². The van der Waals surface area contributed by atoms with E-state index < -0.39 is 0 Å². The minimum absolute atomic E-state index is 0.554. The van der Waals surface area contributed by atoms with E-state index in [2.05, 4.69) is 66.4 Å². The molecule has 212 valence electrons. The first kappa shape index (κ1) is 31.8. The van der Waals surface area contributed by atoms with Crippen molar-refractivity contribution in [1.29, 1.82) is 0 Å². The van der Waals surface area contributed by atoms with Crippen LogP contribution in [0, 0.1) is 0 Å². The average molecular weight is 511 g/mol. The Morgan fingerprint density at radius 2 is 0.919 bits per heavy atom. The van der Waals surface area contributed by atoms with Crippen LogP contribution in [0.5, 0.6) is 0 Å². The van der Waals surface area contributed by atoms with Gasteiger partial charge in [-0.25, -0.2) is 0 Å². The Bertz CT molecular complexity index is 640. The standard InChI is InChI=1S/C35H62N2/c1-3-5-7-9-10-11-12-13-14-15-16-17-18-19-20-21-25-29-35-36(30-26-8-6-4-2)31-32-37(35)33-34-27-23-22-24-28-34/h22-24,27-28,31-32,35H,3-21,25-26,29-30,33H2,1-2H3. The van der Waals surface area contributed by atoms with Crippen LogP contribution in [0.3, 0.4) is 0 Å². The van der Waals surface area contributed by atoms with Crippen LogP contribution >= 0.6 is 0 Å². The summed E-state index contributed by atoms with van der Waals surface area (Å²) >= 11 is 0. The van der Waals surface area contributed by atoms with Gasteiger partial charge < -0.3 is 9.80 Å². The lowest BCUT2D eigenvalue weighted by Gasteiger charge is -2.33. The zero-order valence-electron chi connectivity index (χ0n) is 25.0. The van der Waals surface area contributed by atoms with Crippen LogP contribution in [0.1, 0.15) is 161 Å². The topological polar surface area (TPSA) is 6.48 Å². The van der Waals surface area contributed by atoms with Gasteiger partial charge in [-0.05, 0) is 24.8 Å². The lowest BCUT2D eigenvalue weighted by molar-refractivity contribution is 0.132. The van der Waals surface area contributed by atoms with Gasteiger partial charge in [-0.3, -0.25) is 0 Å². The van der Waals surface area contributed by atoms with Crippen molar-refractivity contribution >= 4 is 0 Å². The van der Waals surface area contributed by atoms with E-state index in [0.29, 0.717) is 6.17 Å². The van der Waals surface area contributed by atoms with Gasteiger partial charge in [0.05, 0.1) is 0 Å². The number of benzene rings is 1. The highest BCUT2D eigenvalue weighted by Gasteiger charge is 2.25. The van der Waals surface area contributed by atoms with Crippen molar-refractivity contribution in [1.82, 2.24) is 9.80 Å². The summed E-state index contributed by atoms with van der Waals surface area (Å²) in [5, 5.41) is 0. The van der Waals surface area contributed by atoms with Gasteiger partial charge in [-0.2, -0.15) is 0 Å². The minimum Gasteiger partial charge on any atom is -0.356 e. The Kier molecular flexibility index (Phi) is 19.4. The van der Waals surface area contributed by atoms with Crippen molar-refractivity contribution in [3.63, 3.8) is 0 Å². The summed E-state index contributed by atoms with van der Waals surface area (Å²) in [5.74, 6) is 0. The van der Waals surface area contributed by atoms with Crippen molar-refractivity contribution < 1.29 is 0 Å². The Balaban J connectivity index is 1.50. The van der Waals surface area contributed by atoms with Crippen molar-refractivity contribution in [2.45, 2.75) is 168 Å². The van der Waals surface area contributed by atoms with Gasteiger partial charge in [0.1, 0.15) is 6.17 Å². The summed E-state index contributed by atoms with van der Waals surface area (Å²) in [6, 6.07) is 11.0. The molecule has 0 aliphatic carbocycles. The van der Waals surface area contributed by atoms with Crippen molar-refractivity contribution in [3.8, 4) is 0 Å². The zero-order valence-corrected chi connectivity index (χ0v) is 25.0. The molecule has 1 unspecified atom stereocenters. The summed E-state index contributed by atoms with van der Waals surface area (Å²) < 4.78 is 0. The number of nitrogens with zero attached hydrogens (tertiary/aromatic N) is 2. The molecule has 1 aliphatic heterocycles. The maximum absolute atomic E-state index is 2.63. The third-order valence-electron chi connectivity index (χ3n) is 8.26. The lowest BCUT2D eigenvalue weighted by Crippen LogP contribution is -2.38. The van der Waals surface area contributed by atoms with Crippen LogP contribution in [0.2, 0.25) is 0 Å². The van der Waals surface area contributed by atoms with Crippen LogP contribution in [-0.2, 0) is 6.54 Å². The summed E-state index contributed by atoms with van der Waals surface area (Å²) in [5.41, 5.74) is 1.42. The van der Waals surface area contributed by atoms with Gasteiger partial charge in [-0.1, -0.05) is 166 Å². The first-order valence-corrected chi connectivity index (χ1v) is 16.6. The third-order valence-corrected chi connectivity index (χ3v) is 8.26. The summed E-state index contributed by atoms with van der Waals surface area (Å²) in [7, 11) is 0. The minimum atomic E-state index is 0.554. The first-order chi connectivity index (χ1) is 18.3. The lowest BCUT2D eigenvalue weighted by atomic mass is 10.0. The molecule has 0 bridgehead atoms. The monoisotopic (exact) mass is 510 g/mol. The Morgan fingerprint density at radius 1 is 0.486 bits per heavy atom. The predicted molar refractivity (Wildman–Crippen MR) is 165 cm³/mol. The Hall–Kier alpha value is -1.44. The van der Waals surface area contributed by atoms with Gasteiger partial charge in [0, 0.05) is 25.5 Å². The second-order valence-corrected chi connectivity index (χ2v) is 11.7. The number of rotatable bonds is 25. The molecular formula is C35H62N2. The summed E-state index contributed by atoms with van der Waals surface area (Å²) in [4.78, 5) is 5.21. The first-order valence-electron chi connectivity index (χ1n) is 16.6. The van der Waals surface area contributed by atoms with Gasteiger partial charge in [0.25, 0.3) is 0 Å². The predicted octanol–water partition coefficient (Wildman–Crippen LogP) is 11.2. The highest BCUT2D eigenvalue weighted by molar-refractivity contribution is 5.16. The second kappa shape index (κ2) is 22.5. The fraction of sp³-hybridized carbons (Fsp3) is 0.771. The fourth-order valence-corrected chi connectivity index (χ4v) is 5.84. The molecule has 0 spiro atoms. The maximum Gasteiger partial charge on any atom is 0.101 e. The number of hydrogen-bond donors (Lipinski definition) is 0. The normalized spacial score (nSPS) is 15.2. The van der Waals surface area contributed by atoms with E-state index in [1.165, 1.54) is 153 Å². The molecule has 0 fully saturated rings. The van der Waals surface area contributed by atoms with Gasteiger partial charge >= 0.3 is 0 Å². The third kappa shape index (κ3) is 15.5. The average Bonchev–Trinajstić information content (AvgIpc) is 3.29. The van der Waals surface area contributed by atoms with E-state index in [1.807, 2.05) is 0 Å². The molecule has 37 heavy (non-hydrogen) atoms. The molecule has 1 aromatic carbocycles. The fourth-order valence-electron chi connectivity index (χ4n) is 5.84. The molecule has 0 N–H and O–H groups in total. The molecule has 0 aromatic heterocycles. The quantitative estimate of drug-likeness (QED) is 0.121. The molecule has 1 aromatic rings. The maximum atomic E-state index is 2.63. The SMILES string of the molecule is CCCCCCCCCCCCCCCCCCCC1N(CCCCCC)C=CN1Cc1ccccc1. The molecule has 2 rings (SSSR count). The van der Waals surface area contributed by atoms with Crippen LogP contribution in [0.4, 0.5) is 0 Å². The molecule has 2 nitrogen and oxygen atoms in total. The molecule has 2 heteroatoms. The van der Waals surface area contributed by atoms with Crippen LogP contribution in [0.25, 0.3) is 0 Å². The highest BCUT2D eigenvalue weighted by atomic mass is 15.4. The Labute approximate surface area is 232 Å². The molecule has 0 saturated heterocycles. The highest BCUT2D eigenvalue weighted by Crippen LogP contribution is 2.25. The van der Waals surface area contributed by atoms with Gasteiger partial charge in [0.2, 0.25) is 0 Å². The van der Waals surface area contributed by atoms with E-state index in [-0.39, 0.29) is 0 Å². The van der Waals surface area contributed by atoms with Crippen molar-refractivity contribution in [2.24, 2.45) is 0 Å². The van der Waals surface area contributed by atoms with E-state index in [9.17, 15) is 0 Å². The largest absolute Gasteiger partial charge is 0.356 e. The van der Waals surface area contributed by atoms with Gasteiger partial charge in [0.15, 0.2) is 0 Å². The molecule has 0 radical (unpaired) electrons. The van der Waals surface area contributed by atoms with E-state index in [1.54, 1.807) is 0 Å². The van der Waals surface area contributed by atoms with Crippen LogP contribution in [-0.4, -0.2) is 22.5 Å². The molecule has 0 amide bonds.